The van der Waals surface area contributed by atoms with Crippen molar-refractivity contribution in [3.8, 4) is 0 Å². The molecular formula is C68H129N7O6S. The number of hydrogen-bond donors (Lipinski definition) is 6. The van der Waals surface area contributed by atoms with E-state index in [9.17, 15) is 24.0 Å². The van der Waals surface area contributed by atoms with E-state index in [2.05, 4.69) is 110 Å². The molecule has 6 N–H and O–H groups in total. The predicted molar refractivity (Wildman–Crippen MR) is 363 cm³/mol. The molecule has 0 amide bonds. The van der Waals surface area contributed by atoms with Gasteiger partial charge in [0, 0.05) is 84.6 Å². The van der Waals surface area contributed by atoms with Gasteiger partial charge in [0.05, 0.1) is 12.5 Å². The number of benzene rings is 1. The van der Waals surface area contributed by atoms with E-state index in [0.717, 1.165) is 0 Å². The molecule has 0 unspecified atom stereocenters. The van der Waals surface area contributed by atoms with Gasteiger partial charge >= 0.3 is 0 Å². The van der Waals surface area contributed by atoms with Crippen LogP contribution in [-0.2, 0) is 24.0 Å². The Kier molecular flexibility index (Phi) is 99.2. The smallest absolute Gasteiger partial charge is 0.132 e. The van der Waals surface area contributed by atoms with Crippen molar-refractivity contribution in [2.75, 3.05) is 35.2 Å². The average Bonchev–Trinajstić information content (AvgIpc) is 4.31. The fourth-order valence-electron chi connectivity index (χ4n) is 1.43. The van der Waals surface area contributed by atoms with Gasteiger partial charge in [-0.2, -0.15) is 11.3 Å². The molecule has 13 nitrogen and oxygen atoms in total. The Bertz CT molecular complexity index is 1480. The van der Waals surface area contributed by atoms with Gasteiger partial charge in [0.2, 0.25) is 0 Å². The lowest BCUT2D eigenvalue weighted by Crippen LogP contribution is -2.15. The van der Waals surface area contributed by atoms with E-state index in [1.807, 2.05) is 219 Å². The summed E-state index contributed by atoms with van der Waals surface area (Å²) in [5.41, 5.74) is 0. The number of thiophene rings is 1. The molecule has 0 aliphatic carbocycles. The van der Waals surface area contributed by atoms with Gasteiger partial charge in [-0.25, -0.2) is 0 Å². The molecule has 0 saturated carbocycles. The first kappa shape index (κ1) is 98.9. The Balaban J connectivity index is -0.0000000847. The van der Waals surface area contributed by atoms with Crippen LogP contribution in [0.5, 0.6) is 0 Å². The van der Waals surface area contributed by atoms with Gasteiger partial charge in [-0.3, -0.25) is 29.0 Å². The predicted octanol–water partition coefficient (Wildman–Crippen LogP) is 16.0. The Hall–Kier alpha value is -5.22. The third kappa shape index (κ3) is 152. The maximum absolute atomic E-state index is 10.1. The van der Waals surface area contributed by atoms with Crippen molar-refractivity contribution >= 4 is 40.3 Å². The number of H-pyrrole nitrogens is 1. The number of pyridine rings is 1. The van der Waals surface area contributed by atoms with Gasteiger partial charge in [-0.15, -0.1) is 0 Å². The summed E-state index contributed by atoms with van der Waals surface area (Å²) in [6, 6.07) is 32.5. The van der Waals surface area contributed by atoms with E-state index in [0.29, 0.717) is 30.2 Å². The quantitative estimate of drug-likeness (QED) is 0.0778. The van der Waals surface area contributed by atoms with Crippen molar-refractivity contribution < 1.29 is 28.4 Å². The number of aromatic nitrogens is 2. The number of nitrogens with one attached hydrogen (secondary N) is 6. The minimum atomic E-state index is 0.213. The Morgan fingerprint density at radius 3 is 0.573 bits per heavy atom. The van der Waals surface area contributed by atoms with E-state index in [4.69, 9.17) is 0 Å². The zero-order valence-electron chi connectivity index (χ0n) is 57.9. The normalized spacial score (nSPS) is 8.98. The van der Waals surface area contributed by atoms with E-state index in [1.54, 1.807) is 70.9 Å². The maximum atomic E-state index is 10.1. The zero-order valence-corrected chi connectivity index (χ0v) is 58.7. The van der Waals surface area contributed by atoms with Gasteiger partial charge in [0.1, 0.15) is 28.9 Å². The van der Waals surface area contributed by atoms with E-state index in [1.165, 1.54) is 0 Å². The molecule has 0 saturated heterocycles. The van der Waals surface area contributed by atoms with Crippen LogP contribution in [0.1, 0.15) is 173 Å². The number of hydrogen-bond acceptors (Lipinski definition) is 13. The number of carbonyl (C=O) groups is 5. The number of furan rings is 1. The molecule has 82 heavy (non-hydrogen) atoms. The fourth-order valence-corrected chi connectivity index (χ4v) is 1.88. The van der Waals surface area contributed by atoms with Crippen LogP contribution in [0, 0.1) is 29.6 Å². The Labute approximate surface area is 510 Å². The largest absolute Gasteiger partial charge is 0.473 e. The van der Waals surface area contributed by atoms with E-state index >= 15 is 0 Å². The van der Waals surface area contributed by atoms with Crippen LogP contribution in [0.15, 0.2) is 143 Å². The van der Waals surface area contributed by atoms with Crippen LogP contribution in [0.3, 0.4) is 0 Å². The van der Waals surface area contributed by atoms with Crippen LogP contribution in [0.4, 0.5) is 0 Å². The molecule has 0 fully saturated rings. The highest BCUT2D eigenvalue weighted by Crippen LogP contribution is 1.93. The lowest BCUT2D eigenvalue weighted by Gasteiger charge is -1.95. The molecule has 1 aromatic carbocycles. The van der Waals surface area contributed by atoms with Gasteiger partial charge in [-0.05, 0) is 117 Å². The van der Waals surface area contributed by atoms with E-state index in [-0.39, 0.29) is 58.5 Å². The fraction of sp³-hybridized carbons (Fsp3) is 0.588. The lowest BCUT2D eigenvalue weighted by atomic mass is 10.1. The van der Waals surface area contributed by atoms with Gasteiger partial charge < -0.3 is 36.0 Å². The van der Waals surface area contributed by atoms with Gasteiger partial charge in [0.25, 0.3) is 0 Å². The third-order valence-corrected chi connectivity index (χ3v) is 10.2. The van der Waals surface area contributed by atoms with Gasteiger partial charge in [0.15, 0.2) is 0 Å². The summed E-state index contributed by atoms with van der Waals surface area (Å²) < 4.78 is 4.58. The highest BCUT2D eigenvalue weighted by atomic mass is 32.1. The summed E-state index contributed by atoms with van der Waals surface area (Å²) in [5.74, 6) is 2.36. The van der Waals surface area contributed by atoms with Crippen LogP contribution in [0.25, 0.3) is 0 Å². The highest BCUT2D eigenvalue weighted by Gasteiger charge is 1.97. The molecule has 0 bridgehead atoms. The summed E-state index contributed by atoms with van der Waals surface area (Å²) in [6.07, 6.45) is 10.5. The van der Waals surface area contributed by atoms with Gasteiger partial charge in [-0.1, -0.05) is 193 Å². The second kappa shape index (κ2) is 82.2. The maximum Gasteiger partial charge on any atom is 0.132 e. The highest BCUT2D eigenvalue weighted by molar-refractivity contribution is 7.07. The molecule has 14 heteroatoms. The second-order valence-corrected chi connectivity index (χ2v) is 21.5. The Morgan fingerprint density at radius 1 is 0.329 bits per heavy atom. The topological polar surface area (TPSA) is 187 Å². The van der Waals surface area contributed by atoms with Crippen LogP contribution in [0.2, 0.25) is 0 Å². The van der Waals surface area contributed by atoms with Crippen molar-refractivity contribution in [2.45, 2.75) is 203 Å². The monoisotopic (exact) mass is 1170 g/mol. The summed E-state index contributed by atoms with van der Waals surface area (Å²) in [5, 5.41) is 19.2. The molecule has 0 aliphatic heterocycles. The number of ketones is 5. The molecule has 4 heterocycles. The summed E-state index contributed by atoms with van der Waals surface area (Å²) in [7, 11) is 9.75. The first-order valence-electron chi connectivity index (χ1n) is 28.8. The van der Waals surface area contributed by atoms with Crippen molar-refractivity contribution in [3.63, 3.8) is 0 Å². The molecule has 0 atom stereocenters. The summed E-state index contributed by atoms with van der Waals surface area (Å²) >= 11 is 1.71. The summed E-state index contributed by atoms with van der Waals surface area (Å²) in [4.78, 5) is 57.4. The number of rotatable bonds is 10. The number of aromatic amines is 1. The van der Waals surface area contributed by atoms with Crippen LogP contribution in [-0.4, -0.2) is 104 Å². The average molecular weight is 1170 g/mol. The molecular weight excluding hydrogens is 1040 g/mol. The molecule has 0 aliphatic rings. The first-order chi connectivity index (χ1) is 38.1. The SMILES string of the molecule is CC(=O)C(C)C.CC(=O)C(C)C.CC(=O)C(C)C.CC(=O)C(C)C.CC(=O)C(C)C.CNC(C)C.CNC(C)C.CNC(C)C.CNC(C)C.CNC(C)C.c1cc[nH]c1.c1ccccc1.c1ccncc1.c1ccoc1.c1ccsc1. The molecule has 478 valence electrons. The minimum Gasteiger partial charge on any atom is -0.473 e. The summed E-state index contributed by atoms with van der Waals surface area (Å²) in [6.45, 7) is 48.0. The third-order valence-electron chi connectivity index (χ3n) is 9.53. The van der Waals surface area contributed by atoms with Crippen molar-refractivity contribution in [1.82, 2.24) is 36.6 Å². The lowest BCUT2D eigenvalue weighted by molar-refractivity contribution is -0.120. The van der Waals surface area contributed by atoms with Crippen molar-refractivity contribution in [2.24, 2.45) is 29.6 Å². The molecule has 0 spiro atoms. The molecule has 5 aromatic rings. The van der Waals surface area contributed by atoms with Crippen molar-refractivity contribution in [1.29, 1.82) is 0 Å². The standard InChI is InChI=1S/C6H6.C5H5N.5C5H10O.C4H5N.5C4H11N.C4H4O.C4H4S/c2*1-2-4-6-5-3-1;5*1-4(2)5(3)6;1-2-4-5-3-1;5*1-4(2)5-3;2*1-2-4-5-3-1/h1-6H;1-5H;5*4H,1-3H3;1-5H;5*4-5H,1-3H3;2*1-4H. The minimum absolute atomic E-state index is 0.213. The molecule has 5 rings (SSSR count). The first-order valence-corrected chi connectivity index (χ1v) is 29.8. The number of carbonyl (C=O) groups excluding carboxylic acids is 5. The zero-order chi connectivity index (χ0) is 66.3. The Morgan fingerprint density at radius 2 is 0.512 bits per heavy atom. The van der Waals surface area contributed by atoms with E-state index < -0.39 is 0 Å². The van der Waals surface area contributed by atoms with Crippen LogP contribution >= 0.6 is 11.3 Å². The number of nitrogens with zero attached hydrogens (tertiary/aromatic N) is 1. The number of Topliss-reactive ketones (excluding diaryl/α,β-unsaturated/α-hetero) is 5. The molecule has 0 radical (unpaired) electrons. The van der Waals surface area contributed by atoms with Crippen LogP contribution < -0.4 is 26.6 Å². The van der Waals surface area contributed by atoms with Crippen molar-refractivity contribution in [3.05, 3.63) is 139 Å². The second-order valence-electron chi connectivity index (χ2n) is 20.7. The molecule has 4 aromatic heterocycles.